The number of hydrogen-bond donors (Lipinski definition) is 1. The summed E-state index contributed by atoms with van der Waals surface area (Å²) in [5.74, 6) is -0.957. The van der Waals surface area contributed by atoms with Crippen molar-refractivity contribution in [3.63, 3.8) is 0 Å². The van der Waals surface area contributed by atoms with E-state index in [1.165, 1.54) is 11.3 Å². The van der Waals surface area contributed by atoms with E-state index >= 15 is 0 Å². The third kappa shape index (κ3) is 5.64. The number of carboxylic acids is 1. The Kier molecular flexibility index (Phi) is 7.57. The van der Waals surface area contributed by atoms with Gasteiger partial charge in [0.1, 0.15) is 23.4 Å². The second-order valence-electron chi connectivity index (χ2n) is 8.36. The van der Waals surface area contributed by atoms with Gasteiger partial charge in [-0.05, 0) is 59.7 Å². The van der Waals surface area contributed by atoms with Crippen LogP contribution in [0.15, 0.2) is 90.5 Å². The van der Waals surface area contributed by atoms with Gasteiger partial charge in [0.15, 0.2) is 10.8 Å². The largest absolute Gasteiger partial charge is 0.489 e. The fourth-order valence-electron chi connectivity index (χ4n) is 4.00. The summed E-state index contributed by atoms with van der Waals surface area (Å²) in [6, 6.07) is 25.2. The van der Waals surface area contributed by atoms with Crippen LogP contribution < -0.4 is 9.47 Å². The number of nitrogens with zero attached hydrogens (tertiary/aromatic N) is 2. The number of carbonyl (C=O) groups excluding carboxylic acids is 1. The molecule has 0 radical (unpaired) electrons. The number of aromatic nitrogens is 2. The van der Waals surface area contributed by atoms with E-state index in [1.807, 2.05) is 36.4 Å². The summed E-state index contributed by atoms with van der Waals surface area (Å²) in [5, 5.41) is 11.0. The lowest BCUT2D eigenvalue weighted by molar-refractivity contribution is -0.130. The van der Waals surface area contributed by atoms with E-state index in [0.717, 1.165) is 22.2 Å². The van der Waals surface area contributed by atoms with Crippen LogP contribution in [0.3, 0.4) is 0 Å². The van der Waals surface area contributed by atoms with Gasteiger partial charge in [0.25, 0.3) is 0 Å². The van der Waals surface area contributed by atoms with Crippen molar-refractivity contribution in [1.82, 2.24) is 8.75 Å². The minimum absolute atomic E-state index is 0.0679. The molecule has 2 aromatic heterocycles. The maximum Gasteiger partial charge on any atom is 0.336 e. The maximum atomic E-state index is 13.8. The number of aliphatic carboxylic acids is 1. The van der Waals surface area contributed by atoms with E-state index in [-0.39, 0.29) is 23.4 Å². The van der Waals surface area contributed by atoms with Crippen LogP contribution in [0.25, 0.3) is 16.6 Å². The summed E-state index contributed by atoms with van der Waals surface area (Å²) < 4.78 is 19.6. The van der Waals surface area contributed by atoms with Gasteiger partial charge in [0.05, 0.1) is 24.4 Å². The molecule has 190 valence electrons. The first-order chi connectivity index (χ1) is 18.5. The van der Waals surface area contributed by atoms with Crippen LogP contribution in [-0.2, 0) is 17.8 Å². The molecule has 0 aliphatic carbocycles. The fraction of sp³-hybridized carbons (Fsp3) is 0.103. The van der Waals surface area contributed by atoms with Gasteiger partial charge in [0.2, 0.25) is 0 Å². The fourth-order valence-corrected chi connectivity index (χ4v) is 5.35. The van der Waals surface area contributed by atoms with Crippen molar-refractivity contribution in [3.05, 3.63) is 112 Å². The van der Waals surface area contributed by atoms with Crippen molar-refractivity contribution in [3.8, 4) is 10.8 Å². The number of carboxylic acid groups (broad SMARTS) is 1. The molecule has 9 heteroatoms. The average molecular weight is 543 g/mol. The highest BCUT2D eigenvalue weighted by atomic mass is 32.1. The summed E-state index contributed by atoms with van der Waals surface area (Å²) in [6.07, 6.45) is 0.133. The second kappa shape index (κ2) is 11.4. The molecule has 0 spiro atoms. The first kappa shape index (κ1) is 25.3. The van der Waals surface area contributed by atoms with E-state index in [0.29, 0.717) is 39.6 Å². The molecule has 38 heavy (non-hydrogen) atoms. The van der Waals surface area contributed by atoms with E-state index in [2.05, 4.69) is 8.75 Å². The number of ether oxygens (including phenoxy) is 2. The SMILES string of the molecule is COc1ccc(CC(C(=O)c2ccc(OCc3ccccc3)cc2)=C(C(=O)O)c2ccc3nsnc3c2)s1. The minimum atomic E-state index is -1.19. The summed E-state index contributed by atoms with van der Waals surface area (Å²) >= 11 is 2.42. The van der Waals surface area contributed by atoms with E-state index < -0.39 is 5.97 Å². The number of Topliss-reactive ketones (excluding diaryl/α,β-unsaturated/α-hetero) is 1. The molecule has 1 N–H and O–H groups in total. The number of hydrogen-bond acceptors (Lipinski definition) is 8. The van der Waals surface area contributed by atoms with Crippen LogP contribution in [-0.4, -0.2) is 32.7 Å². The van der Waals surface area contributed by atoms with E-state index in [4.69, 9.17) is 9.47 Å². The molecule has 5 aromatic rings. The number of thiophene rings is 1. The van der Waals surface area contributed by atoms with Gasteiger partial charge in [-0.15, -0.1) is 11.3 Å². The van der Waals surface area contributed by atoms with Gasteiger partial charge >= 0.3 is 5.97 Å². The third-order valence-corrected chi connectivity index (χ3v) is 7.49. The Morgan fingerprint density at radius 2 is 1.61 bits per heavy atom. The molecule has 0 bridgehead atoms. The highest BCUT2D eigenvalue weighted by Crippen LogP contribution is 2.32. The smallest absolute Gasteiger partial charge is 0.336 e. The van der Waals surface area contributed by atoms with Gasteiger partial charge < -0.3 is 14.6 Å². The van der Waals surface area contributed by atoms with Gasteiger partial charge in [-0.2, -0.15) is 8.75 Å². The lowest BCUT2D eigenvalue weighted by atomic mass is 9.91. The topological polar surface area (TPSA) is 98.6 Å². The molecular formula is C29H22N2O5S2. The van der Waals surface area contributed by atoms with Crippen LogP contribution in [0.4, 0.5) is 0 Å². The first-order valence-corrected chi connectivity index (χ1v) is 13.2. The predicted molar refractivity (Wildman–Crippen MR) is 148 cm³/mol. The minimum Gasteiger partial charge on any atom is -0.489 e. The molecule has 0 saturated heterocycles. The van der Waals surface area contributed by atoms with Gasteiger partial charge in [-0.25, -0.2) is 4.79 Å². The zero-order chi connectivity index (χ0) is 26.5. The van der Waals surface area contributed by atoms with Crippen LogP contribution in [0.1, 0.15) is 26.4 Å². The summed E-state index contributed by atoms with van der Waals surface area (Å²) in [7, 11) is 1.57. The van der Waals surface area contributed by atoms with Crippen molar-refractivity contribution in [2.24, 2.45) is 0 Å². The molecule has 2 heterocycles. The van der Waals surface area contributed by atoms with Crippen LogP contribution in [0.5, 0.6) is 10.8 Å². The Morgan fingerprint density at radius 3 is 2.32 bits per heavy atom. The van der Waals surface area contributed by atoms with Crippen molar-refractivity contribution >= 4 is 51.4 Å². The van der Waals surface area contributed by atoms with Crippen LogP contribution in [0, 0.1) is 0 Å². The normalized spacial score (nSPS) is 11.7. The quantitative estimate of drug-likeness (QED) is 0.163. The molecule has 0 saturated carbocycles. The zero-order valence-electron chi connectivity index (χ0n) is 20.3. The van der Waals surface area contributed by atoms with Crippen LogP contribution >= 0.6 is 23.1 Å². The third-order valence-electron chi connectivity index (χ3n) is 5.89. The lowest BCUT2D eigenvalue weighted by Gasteiger charge is -2.13. The Balaban J connectivity index is 1.51. The Bertz CT molecular complexity index is 1620. The van der Waals surface area contributed by atoms with E-state index in [9.17, 15) is 14.7 Å². The predicted octanol–water partition coefficient (Wildman–Crippen LogP) is 6.30. The second-order valence-corrected chi connectivity index (χ2v) is 10.0. The Labute approximate surface area is 226 Å². The zero-order valence-corrected chi connectivity index (χ0v) is 21.9. The number of rotatable bonds is 10. The molecule has 3 aromatic carbocycles. The number of allylic oxidation sites excluding steroid dienone is 1. The van der Waals surface area contributed by atoms with Crippen molar-refractivity contribution in [1.29, 1.82) is 0 Å². The number of ketones is 1. The average Bonchev–Trinajstić information content (AvgIpc) is 3.61. The standard InChI is InChI=1S/C29H22N2O5S2/c1-35-26-14-12-22(37-26)16-23(27(29(33)34)20-9-13-24-25(15-20)31-38-30-24)28(32)19-7-10-21(11-8-19)36-17-18-5-3-2-4-6-18/h2-15H,16-17H2,1H3,(H,33,34). The summed E-state index contributed by atoms with van der Waals surface area (Å²) in [4.78, 5) is 27.2. The highest BCUT2D eigenvalue weighted by molar-refractivity contribution is 7.13. The molecule has 0 aliphatic rings. The molecule has 7 nitrogen and oxygen atoms in total. The number of carbonyl (C=O) groups is 2. The lowest BCUT2D eigenvalue weighted by Crippen LogP contribution is -2.13. The Hall–Kier alpha value is -4.34. The Morgan fingerprint density at radius 1 is 0.868 bits per heavy atom. The molecule has 0 atom stereocenters. The molecule has 0 aliphatic heterocycles. The monoisotopic (exact) mass is 542 g/mol. The molecular weight excluding hydrogens is 520 g/mol. The van der Waals surface area contributed by atoms with Gasteiger partial charge in [-0.1, -0.05) is 36.4 Å². The molecule has 0 amide bonds. The van der Waals surface area contributed by atoms with Crippen molar-refractivity contribution in [2.75, 3.05) is 7.11 Å². The number of fused-ring (bicyclic) bond motifs is 1. The molecule has 5 rings (SSSR count). The van der Waals surface area contributed by atoms with Crippen molar-refractivity contribution < 1.29 is 24.2 Å². The number of benzene rings is 3. The number of methoxy groups -OCH3 is 1. The van der Waals surface area contributed by atoms with Gasteiger partial charge in [0, 0.05) is 22.4 Å². The summed E-state index contributed by atoms with van der Waals surface area (Å²) in [5.41, 5.74) is 3.14. The van der Waals surface area contributed by atoms with E-state index in [1.54, 1.807) is 55.6 Å². The molecule has 0 fully saturated rings. The summed E-state index contributed by atoms with van der Waals surface area (Å²) in [6.45, 7) is 0.399. The van der Waals surface area contributed by atoms with Gasteiger partial charge in [-0.3, -0.25) is 4.79 Å². The van der Waals surface area contributed by atoms with Crippen molar-refractivity contribution in [2.45, 2.75) is 13.0 Å². The highest BCUT2D eigenvalue weighted by Gasteiger charge is 2.25. The maximum absolute atomic E-state index is 13.8. The first-order valence-electron chi connectivity index (χ1n) is 11.6. The van der Waals surface area contributed by atoms with Crippen LogP contribution in [0.2, 0.25) is 0 Å². The molecule has 0 unspecified atom stereocenters.